The monoisotopic (exact) mass is 241 g/mol. The molecule has 0 spiro atoms. The predicted octanol–water partition coefficient (Wildman–Crippen LogP) is -0.486. The van der Waals surface area contributed by atoms with Crippen molar-refractivity contribution in [2.45, 2.75) is 18.9 Å². The molecule has 5 nitrogen and oxygen atoms in total. The average molecular weight is 241 g/mol. The Balaban J connectivity index is 1.97. The summed E-state index contributed by atoms with van der Waals surface area (Å²) in [4.78, 5) is 16.6. The highest BCUT2D eigenvalue weighted by Crippen LogP contribution is 2.20. The van der Waals surface area contributed by atoms with Crippen molar-refractivity contribution in [1.82, 2.24) is 9.80 Å². The largest absolute Gasteiger partial charge is 0.377 e. The van der Waals surface area contributed by atoms with Crippen LogP contribution >= 0.6 is 0 Å². The first kappa shape index (κ1) is 12.8. The van der Waals surface area contributed by atoms with Gasteiger partial charge in [-0.25, -0.2) is 0 Å². The number of hydrogen-bond donors (Lipinski definition) is 1. The molecule has 2 N–H and O–H groups in total. The van der Waals surface area contributed by atoms with Gasteiger partial charge in [0.25, 0.3) is 0 Å². The second-order valence-corrected chi connectivity index (χ2v) is 5.10. The Morgan fingerprint density at radius 2 is 2.29 bits per heavy atom. The number of rotatable bonds is 2. The number of nitrogens with two attached hydrogens (primary N) is 1. The van der Waals surface area contributed by atoms with Crippen LogP contribution in [0.4, 0.5) is 0 Å². The SMILES string of the molecule is CN1CCCC(C(=O)N2CCOCC2CN)C1. The highest BCUT2D eigenvalue weighted by molar-refractivity contribution is 5.79. The molecule has 0 aromatic carbocycles. The van der Waals surface area contributed by atoms with Gasteiger partial charge in [0.2, 0.25) is 5.91 Å². The zero-order chi connectivity index (χ0) is 12.3. The number of carbonyl (C=O) groups is 1. The number of morpholine rings is 1. The van der Waals surface area contributed by atoms with Crippen molar-refractivity contribution in [2.24, 2.45) is 11.7 Å². The summed E-state index contributed by atoms with van der Waals surface area (Å²) < 4.78 is 5.38. The Kier molecular flexibility index (Phi) is 4.36. The van der Waals surface area contributed by atoms with E-state index >= 15 is 0 Å². The van der Waals surface area contributed by atoms with E-state index in [1.54, 1.807) is 0 Å². The summed E-state index contributed by atoms with van der Waals surface area (Å²) >= 11 is 0. The third kappa shape index (κ3) is 2.97. The second kappa shape index (κ2) is 5.80. The molecule has 0 aromatic rings. The van der Waals surface area contributed by atoms with Gasteiger partial charge >= 0.3 is 0 Å². The van der Waals surface area contributed by atoms with Crippen molar-refractivity contribution < 1.29 is 9.53 Å². The lowest BCUT2D eigenvalue weighted by atomic mass is 9.96. The van der Waals surface area contributed by atoms with Gasteiger partial charge in [-0.1, -0.05) is 0 Å². The number of hydrogen-bond acceptors (Lipinski definition) is 4. The molecular weight excluding hydrogens is 218 g/mol. The van der Waals surface area contributed by atoms with E-state index in [0.717, 1.165) is 25.9 Å². The first-order valence-corrected chi connectivity index (χ1v) is 6.49. The Hall–Kier alpha value is -0.650. The van der Waals surface area contributed by atoms with E-state index in [0.29, 0.717) is 26.3 Å². The standard InChI is InChI=1S/C12H23N3O2/c1-14-4-2-3-10(8-14)12(16)15-5-6-17-9-11(15)7-13/h10-11H,2-9,13H2,1H3. The zero-order valence-corrected chi connectivity index (χ0v) is 10.6. The summed E-state index contributed by atoms with van der Waals surface area (Å²) in [5.41, 5.74) is 5.70. The molecule has 0 radical (unpaired) electrons. The fraction of sp³-hybridized carbons (Fsp3) is 0.917. The van der Waals surface area contributed by atoms with Crippen LogP contribution in [0.3, 0.4) is 0 Å². The minimum Gasteiger partial charge on any atom is -0.377 e. The summed E-state index contributed by atoms with van der Waals surface area (Å²) in [6, 6.07) is 0.0727. The Bertz CT molecular complexity index is 272. The predicted molar refractivity (Wildman–Crippen MR) is 65.6 cm³/mol. The number of amides is 1. The number of likely N-dealkylation sites (tertiary alicyclic amines) is 1. The molecule has 17 heavy (non-hydrogen) atoms. The van der Waals surface area contributed by atoms with Gasteiger partial charge in [-0.3, -0.25) is 4.79 Å². The van der Waals surface area contributed by atoms with E-state index in [9.17, 15) is 4.79 Å². The maximum atomic E-state index is 12.5. The normalized spacial score (nSPS) is 31.5. The van der Waals surface area contributed by atoms with Gasteiger partial charge in [-0.15, -0.1) is 0 Å². The summed E-state index contributed by atoms with van der Waals surface area (Å²) in [5, 5.41) is 0. The zero-order valence-electron chi connectivity index (χ0n) is 10.6. The molecule has 2 heterocycles. The van der Waals surface area contributed by atoms with Gasteiger partial charge in [0.15, 0.2) is 0 Å². The summed E-state index contributed by atoms with van der Waals surface area (Å²) in [5.74, 6) is 0.427. The molecule has 2 atom stereocenters. The second-order valence-electron chi connectivity index (χ2n) is 5.10. The molecule has 2 rings (SSSR count). The fourth-order valence-corrected chi connectivity index (χ4v) is 2.74. The van der Waals surface area contributed by atoms with Gasteiger partial charge in [-0.05, 0) is 26.4 Å². The van der Waals surface area contributed by atoms with Crippen molar-refractivity contribution in [3.63, 3.8) is 0 Å². The molecule has 2 fully saturated rings. The third-order valence-electron chi connectivity index (χ3n) is 3.76. The van der Waals surface area contributed by atoms with Crippen LogP contribution in [-0.4, -0.2) is 68.2 Å². The molecule has 0 saturated carbocycles. The molecule has 2 aliphatic heterocycles. The van der Waals surface area contributed by atoms with Crippen LogP contribution in [0.15, 0.2) is 0 Å². The summed E-state index contributed by atoms with van der Waals surface area (Å²) in [6.07, 6.45) is 2.13. The summed E-state index contributed by atoms with van der Waals surface area (Å²) in [6.45, 7) is 4.41. The van der Waals surface area contributed by atoms with E-state index < -0.39 is 0 Å². The lowest BCUT2D eigenvalue weighted by molar-refractivity contribution is -0.145. The smallest absolute Gasteiger partial charge is 0.227 e. The van der Waals surface area contributed by atoms with Gasteiger partial charge in [-0.2, -0.15) is 0 Å². The Morgan fingerprint density at radius 1 is 1.47 bits per heavy atom. The van der Waals surface area contributed by atoms with Crippen LogP contribution in [0.25, 0.3) is 0 Å². The first-order valence-electron chi connectivity index (χ1n) is 6.49. The topological polar surface area (TPSA) is 58.8 Å². The minimum atomic E-state index is 0.0727. The van der Waals surface area contributed by atoms with Crippen molar-refractivity contribution in [3.05, 3.63) is 0 Å². The number of nitrogens with zero attached hydrogens (tertiary/aromatic N) is 2. The molecule has 2 saturated heterocycles. The molecule has 98 valence electrons. The summed E-state index contributed by atoms with van der Waals surface area (Å²) in [7, 11) is 2.08. The number of carbonyl (C=O) groups excluding carboxylic acids is 1. The molecule has 2 unspecified atom stereocenters. The van der Waals surface area contributed by atoms with Gasteiger partial charge < -0.3 is 20.3 Å². The quantitative estimate of drug-likeness (QED) is 0.709. The van der Waals surface area contributed by atoms with Crippen molar-refractivity contribution >= 4 is 5.91 Å². The van der Waals surface area contributed by atoms with Crippen LogP contribution in [-0.2, 0) is 9.53 Å². The molecule has 1 amide bonds. The average Bonchev–Trinajstić information content (AvgIpc) is 2.38. The number of piperidine rings is 1. The third-order valence-corrected chi connectivity index (χ3v) is 3.76. The van der Waals surface area contributed by atoms with E-state index in [1.807, 2.05) is 4.90 Å². The van der Waals surface area contributed by atoms with E-state index in [-0.39, 0.29) is 17.9 Å². The van der Waals surface area contributed by atoms with Gasteiger partial charge in [0, 0.05) is 19.6 Å². The van der Waals surface area contributed by atoms with Crippen LogP contribution in [0, 0.1) is 5.92 Å². The molecule has 2 aliphatic rings. The van der Waals surface area contributed by atoms with Gasteiger partial charge in [0.1, 0.15) is 0 Å². The Labute approximate surface area is 103 Å². The number of ether oxygens (including phenoxy) is 1. The molecular formula is C12H23N3O2. The molecule has 0 aromatic heterocycles. The van der Waals surface area contributed by atoms with Crippen molar-refractivity contribution in [1.29, 1.82) is 0 Å². The van der Waals surface area contributed by atoms with Gasteiger partial charge in [0.05, 0.1) is 25.2 Å². The van der Waals surface area contributed by atoms with E-state index in [1.165, 1.54) is 0 Å². The van der Waals surface area contributed by atoms with E-state index in [2.05, 4.69) is 11.9 Å². The minimum absolute atomic E-state index is 0.0727. The molecule has 5 heteroatoms. The molecule has 0 aliphatic carbocycles. The lowest BCUT2D eigenvalue weighted by Gasteiger charge is -2.39. The lowest BCUT2D eigenvalue weighted by Crippen LogP contribution is -2.55. The van der Waals surface area contributed by atoms with Crippen LogP contribution in [0.2, 0.25) is 0 Å². The fourth-order valence-electron chi connectivity index (χ4n) is 2.74. The van der Waals surface area contributed by atoms with Crippen molar-refractivity contribution in [3.8, 4) is 0 Å². The van der Waals surface area contributed by atoms with E-state index in [4.69, 9.17) is 10.5 Å². The van der Waals surface area contributed by atoms with Crippen molar-refractivity contribution in [2.75, 3.05) is 46.4 Å². The first-order chi connectivity index (χ1) is 8.22. The van der Waals surface area contributed by atoms with Crippen LogP contribution in [0.5, 0.6) is 0 Å². The molecule has 0 bridgehead atoms. The Morgan fingerprint density at radius 3 is 3.00 bits per heavy atom. The maximum Gasteiger partial charge on any atom is 0.227 e. The van der Waals surface area contributed by atoms with Crippen LogP contribution in [0.1, 0.15) is 12.8 Å². The maximum absolute atomic E-state index is 12.5. The highest BCUT2D eigenvalue weighted by Gasteiger charge is 2.32. The highest BCUT2D eigenvalue weighted by atomic mass is 16.5. The van der Waals surface area contributed by atoms with Crippen LogP contribution < -0.4 is 5.73 Å².